The maximum absolute atomic E-state index is 14.4. The van der Waals surface area contributed by atoms with Gasteiger partial charge >= 0.3 is 17.8 Å². The molecule has 1 amide bonds. The lowest BCUT2D eigenvalue weighted by molar-refractivity contribution is -0.204. The van der Waals surface area contributed by atoms with Crippen molar-refractivity contribution in [2.24, 2.45) is 0 Å². The molecule has 1 unspecified atom stereocenters. The molecule has 208 valence electrons. The number of hydrogen-bond donors (Lipinski definition) is 3. The zero-order valence-corrected chi connectivity index (χ0v) is 21.8. The number of esters is 1. The van der Waals surface area contributed by atoms with Gasteiger partial charge in [0, 0.05) is 22.3 Å². The van der Waals surface area contributed by atoms with Crippen molar-refractivity contribution in [3.63, 3.8) is 0 Å². The maximum atomic E-state index is 14.4. The second-order valence-electron chi connectivity index (χ2n) is 7.65. The predicted molar refractivity (Wildman–Crippen MR) is 134 cm³/mol. The largest absolute Gasteiger partial charge is 0.480 e. The molecule has 1 aromatic heterocycles. The zero-order chi connectivity index (χ0) is 28.8. The van der Waals surface area contributed by atoms with Crippen LogP contribution in [0, 0.1) is 0 Å². The molecule has 0 aliphatic rings. The second-order valence-corrected chi connectivity index (χ2v) is 9.77. The summed E-state index contributed by atoms with van der Waals surface area (Å²) in [7, 11) is -2.87. The molecule has 0 bridgehead atoms. The number of nitrogens with one attached hydrogen (secondary N) is 3. The van der Waals surface area contributed by atoms with E-state index in [0.717, 1.165) is 30.3 Å². The van der Waals surface area contributed by atoms with Gasteiger partial charge in [-0.3, -0.25) is 9.52 Å². The number of ether oxygens (including phenoxy) is 2. The minimum absolute atomic E-state index is 0.0791. The van der Waals surface area contributed by atoms with Gasteiger partial charge in [-0.15, -0.1) is 10.2 Å². The Balaban J connectivity index is 1.93. The third kappa shape index (κ3) is 6.86. The third-order valence-corrected chi connectivity index (χ3v) is 6.58. The van der Waals surface area contributed by atoms with Crippen molar-refractivity contribution in [1.82, 2.24) is 15.5 Å². The topological polar surface area (TPSA) is 149 Å². The van der Waals surface area contributed by atoms with Crippen molar-refractivity contribution in [1.29, 1.82) is 0 Å². The molecule has 11 nitrogen and oxygen atoms in total. The monoisotopic (exact) mass is 587 g/mol. The zero-order valence-electron chi connectivity index (χ0n) is 20.2. The molecular formula is C23H21ClF3N5O6S. The van der Waals surface area contributed by atoms with Crippen LogP contribution in [-0.4, -0.2) is 56.0 Å². The molecule has 3 N–H and O–H groups in total. The number of nitrogens with zero attached hydrogens (tertiary/aromatic N) is 2. The molecule has 0 spiro atoms. The van der Waals surface area contributed by atoms with Gasteiger partial charge in [0.25, 0.3) is 15.9 Å². The first kappa shape index (κ1) is 29.4. The number of carbonyl (C=O) groups is 2. The highest BCUT2D eigenvalue weighted by Gasteiger charge is 2.63. The molecule has 0 aliphatic heterocycles. The molecular weight excluding hydrogens is 567 g/mol. The SMILES string of the molecule is CCOC(=O)C(NC(=O)c1cccc(Cl)c1)(Nc1ccc(S(=O)(=O)Nc2ccc(OC)nn2)cc1)C(F)(F)F. The van der Waals surface area contributed by atoms with Crippen molar-refractivity contribution in [3.8, 4) is 5.88 Å². The fourth-order valence-corrected chi connectivity index (χ4v) is 4.30. The van der Waals surface area contributed by atoms with Crippen LogP contribution < -0.4 is 20.1 Å². The van der Waals surface area contributed by atoms with E-state index in [1.165, 1.54) is 44.4 Å². The van der Waals surface area contributed by atoms with Crippen molar-refractivity contribution in [3.05, 3.63) is 71.2 Å². The quantitative estimate of drug-likeness (QED) is 0.239. The number of alkyl halides is 3. The number of hydrogen-bond acceptors (Lipinski definition) is 9. The van der Waals surface area contributed by atoms with E-state index in [2.05, 4.69) is 19.7 Å². The number of aromatic nitrogens is 2. The number of halogens is 4. The van der Waals surface area contributed by atoms with E-state index in [1.54, 1.807) is 5.32 Å². The molecule has 1 atom stereocenters. The number of sulfonamides is 1. The van der Waals surface area contributed by atoms with E-state index in [1.807, 2.05) is 5.32 Å². The Kier molecular flexibility index (Phi) is 8.86. The van der Waals surface area contributed by atoms with Crippen LogP contribution in [0.1, 0.15) is 17.3 Å². The minimum atomic E-state index is -5.41. The number of anilines is 2. The van der Waals surface area contributed by atoms with E-state index >= 15 is 0 Å². The highest BCUT2D eigenvalue weighted by atomic mass is 35.5. The van der Waals surface area contributed by atoms with E-state index in [9.17, 15) is 31.2 Å². The van der Waals surface area contributed by atoms with E-state index in [0.29, 0.717) is 0 Å². The number of amides is 1. The fraction of sp³-hybridized carbons (Fsp3) is 0.217. The van der Waals surface area contributed by atoms with Crippen LogP contribution in [0.3, 0.4) is 0 Å². The van der Waals surface area contributed by atoms with Gasteiger partial charge in [0.05, 0.1) is 18.6 Å². The van der Waals surface area contributed by atoms with Crippen molar-refractivity contribution >= 4 is 45.0 Å². The minimum Gasteiger partial charge on any atom is -0.480 e. The van der Waals surface area contributed by atoms with Crippen molar-refractivity contribution < 1.29 is 40.7 Å². The summed E-state index contributed by atoms with van der Waals surface area (Å²) in [6, 6.07) is 11.6. The van der Waals surface area contributed by atoms with Crippen LogP contribution in [0.25, 0.3) is 0 Å². The standard InChI is InChI=1S/C23H21ClF3N5O6S/c1-3-38-21(34)22(23(25,26)27,29-20(33)14-5-4-6-15(24)13-14)28-16-7-9-17(10-8-16)39(35,36)32-18-11-12-19(37-2)31-30-18/h4-13,28H,3H2,1-2H3,(H,29,33)(H,30,32). The molecule has 0 radical (unpaired) electrons. The molecule has 3 rings (SSSR count). The highest BCUT2D eigenvalue weighted by Crippen LogP contribution is 2.34. The average molecular weight is 588 g/mol. The summed E-state index contributed by atoms with van der Waals surface area (Å²) >= 11 is 5.83. The van der Waals surface area contributed by atoms with Gasteiger partial charge in [0.1, 0.15) is 0 Å². The lowest BCUT2D eigenvalue weighted by atomic mass is 10.1. The summed E-state index contributed by atoms with van der Waals surface area (Å²) < 4.78 is 80.3. The lowest BCUT2D eigenvalue weighted by Crippen LogP contribution is -2.69. The van der Waals surface area contributed by atoms with Crippen LogP contribution in [0.4, 0.5) is 24.7 Å². The number of carbonyl (C=O) groups excluding carboxylic acids is 2. The fourth-order valence-electron chi connectivity index (χ4n) is 3.12. The molecule has 3 aromatic rings. The summed E-state index contributed by atoms with van der Waals surface area (Å²) in [5, 5.41) is 11.0. The Morgan fingerprint density at radius 2 is 1.72 bits per heavy atom. The Bertz CT molecular complexity index is 1440. The highest BCUT2D eigenvalue weighted by molar-refractivity contribution is 7.92. The van der Waals surface area contributed by atoms with Crippen molar-refractivity contribution in [2.45, 2.75) is 23.7 Å². The van der Waals surface area contributed by atoms with Crippen LogP contribution in [-0.2, 0) is 19.6 Å². The first-order valence-electron chi connectivity index (χ1n) is 10.9. The van der Waals surface area contributed by atoms with Gasteiger partial charge < -0.3 is 20.1 Å². The first-order chi connectivity index (χ1) is 18.3. The third-order valence-electron chi connectivity index (χ3n) is 4.98. The second kappa shape index (κ2) is 11.7. The summed E-state index contributed by atoms with van der Waals surface area (Å²) in [6.45, 7) is 0.861. The van der Waals surface area contributed by atoms with Gasteiger partial charge in [-0.1, -0.05) is 17.7 Å². The Labute approximate surface area is 225 Å². The summed E-state index contributed by atoms with van der Waals surface area (Å²) in [6.07, 6.45) is -5.41. The molecule has 39 heavy (non-hydrogen) atoms. The van der Waals surface area contributed by atoms with Crippen LogP contribution in [0.5, 0.6) is 5.88 Å². The molecule has 16 heteroatoms. The Morgan fingerprint density at radius 3 is 2.26 bits per heavy atom. The van der Waals surface area contributed by atoms with E-state index < -0.39 is 40.3 Å². The number of rotatable bonds is 10. The molecule has 0 fully saturated rings. The van der Waals surface area contributed by atoms with Gasteiger partial charge in [0.2, 0.25) is 5.88 Å². The van der Waals surface area contributed by atoms with E-state index in [4.69, 9.17) is 16.3 Å². The average Bonchev–Trinajstić information content (AvgIpc) is 2.88. The smallest absolute Gasteiger partial charge is 0.441 e. The molecule has 0 saturated heterocycles. The Hall–Kier alpha value is -4.11. The van der Waals surface area contributed by atoms with E-state index in [-0.39, 0.29) is 32.9 Å². The van der Waals surface area contributed by atoms with Crippen LogP contribution >= 0.6 is 11.6 Å². The lowest BCUT2D eigenvalue weighted by Gasteiger charge is -2.35. The Morgan fingerprint density at radius 1 is 1.03 bits per heavy atom. The summed E-state index contributed by atoms with van der Waals surface area (Å²) in [5.41, 5.74) is -4.36. The van der Waals surface area contributed by atoms with Crippen LogP contribution in [0.15, 0.2) is 65.6 Å². The van der Waals surface area contributed by atoms with Gasteiger partial charge in [-0.05, 0) is 55.5 Å². The summed E-state index contributed by atoms with van der Waals surface area (Å²) in [4.78, 5) is 25.0. The molecule has 2 aromatic carbocycles. The number of benzene rings is 2. The molecule has 0 aliphatic carbocycles. The van der Waals surface area contributed by atoms with Gasteiger partial charge in [-0.2, -0.15) is 13.2 Å². The van der Waals surface area contributed by atoms with Gasteiger partial charge in [0.15, 0.2) is 5.82 Å². The summed E-state index contributed by atoms with van der Waals surface area (Å²) in [5.74, 6) is -3.12. The first-order valence-corrected chi connectivity index (χ1v) is 12.8. The van der Waals surface area contributed by atoms with Gasteiger partial charge in [-0.25, -0.2) is 13.2 Å². The normalized spacial score (nSPS) is 13.1. The molecule has 1 heterocycles. The van der Waals surface area contributed by atoms with Crippen LogP contribution in [0.2, 0.25) is 5.02 Å². The van der Waals surface area contributed by atoms with Crippen molar-refractivity contribution in [2.75, 3.05) is 23.8 Å². The molecule has 0 saturated carbocycles. The predicted octanol–water partition coefficient (Wildman–Crippen LogP) is 3.60. The maximum Gasteiger partial charge on any atom is 0.441 e. The number of methoxy groups -OCH3 is 1.